The maximum Gasteiger partial charge on any atom is 0.228 e. The molecule has 112 valence electrons. The topological polar surface area (TPSA) is 49.3 Å². The number of aliphatic hydroxyl groups is 1. The second kappa shape index (κ2) is 7.65. The van der Waals surface area contributed by atoms with Gasteiger partial charge in [-0.25, -0.2) is 0 Å². The molecule has 0 aromatic heterocycles. The molecular formula is C16H24ClNO2. The van der Waals surface area contributed by atoms with Crippen LogP contribution in [0.4, 0.5) is 0 Å². The third-order valence-corrected chi connectivity index (χ3v) is 3.76. The minimum absolute atomic E-state index is 0.0462. The second-order valence-electron chi connectivity index (χ2n) is 5.81. The Morgan fingerprint density at radius 1 is 1.15 bits per heavy atom. The molecule has 0 saturated heterocycles. The summed E-state index contributed by atoms with van der Waals surface area (Å²) in [6.45, 7) is 7.95. The van der Waals surface area contributed by atoms with Crippen LogP contribution in [0.2, 0.25) is 5.02 Å². The molecule has 20 heavy (non-hydrogen) atoms. The summed E-state index contributed by atoms with van der Waals surface area (Å²) in [7, 11) is 0. The Morgan fingerprint density at radius 2 is 1.70 bits per heavy atom. The number of aliphatic hydroxyl groups excluding tert-OH is 1. The number of benzene rings is 1. The Hall–Kier alpha value is -1.06. The highest BCUT2D eigenvalue weighted by atomic mass is 35.5. The van der Waals surface area contributed by atoms with Crippen molar-refractivity contribution in [3.05, 3.63) is 34.9 Å². The molecule has 2 N–H and O–H groups in total. The molecule has 1 amide bonds. The van der Waals surface area contributed by atoms with Crippen molar-refractivity contribution in [2.45, 2.75) is 39.7 Å². The molecule has 0 saturated carbocycles. The largest absolute Gasteiger partial charge is 0.394 e. The van der Waals surface area contributed by atoms with Crippen LogP contribution in [0.3, 0.4) is 0 Å². The zero-order chi connectivity index (χ0) is 15.3. The fraction of sp³-hybridized carbons (Fsp3) is 0.562. The summed E-state index contributed by atoms with van der Waals surface area (Å²) < 4.78 is 0. The van der Waals surface area contributed by atoms with Crippen molar-refractivity contribution in [2.24, 2.45) is 11.8 Å². The van der Waals surface area contributed by atoms with Gasteiger partial charge in [0.25, 0.3) is 0 Å². The van der Waals surface area contributed by atoms with Crippen LogP contribution >= 0.6 is 11.6 Å². The molecule has 0 aliphatic rings. The van der Waals surface area contributed by atoms with Crippen LogP contribution in [0.15, 0.2) is 24.3 Å². The molecule has 3 nitrogen and oxygen atoms in total. The minimum Gasteiger partial charge on any atom is -0.394 e. The molecule has 0 aliphatic heterocycles. The first-order valence-corrected chi connectivity index (χ1v) is 7.41. The Bertz CT molecular complexity index is 429. The molecule has 4 heteroatoms. The van der Waals surface area contributed by atoms with E-state index in [-0.39, 0.29) is 36.3 Å². The van der Waals surface area contributed by atoms with Gasteiger partial charge >= 0.3 is 0 Å². The van der Waals surface area contributed by atoms with Crippen LogP contribution < -0.4 is 5.32 Å². The smallest absolute Gasteiger partial charge is 0.228 e. The highest BCUT2D eigenvalue weighted by molar-refractivity contribution is 6.30. The predicted molar refractivity (Wildman–Crippen MR) is 82.9 cm³/mol. The van der Waals surface area contributed by atoms with Gasteiger partial charge in [0.05, 0.1) is 18.6 Å². The third kappa shape index (κ3) is 4.50. The summed E-state index contributed by atoms with van der Waals surface area (Å²) in [6, 6.07) is 7.15. The highest BCUT2D eigenvalue weighted by Crippen LogP contribution is 2.26. The molecule has 1 rings (SSSR count). The van der Waals surface area contributed by atoms with Crippen LogP contribution in [0.5, 0.6) is 0 Å². The Morgan fingerprint density at radius 3 is 2.10 bits per heavy atom. The lowest BCUT2D eigenvalue weighted by Gasteiger charge is -2.26. The van der Waals surface area contributed by atoms with E-state index in [2.05, 4.69) is 5.32 Å². The van der Waals surface area contributed by atoms with Gasteiger partial charge in [-0.2, -0.15) is 0 Å². The normalized spacial score (nSPS) is 14.4. The number of hydrogen-bond acceptors (Lipinski definition) is 2. The molecular weight excluding hydrogens is 274 g/mol. The van der Waals surface area contributed by atoms with Crippen LogP contribution in [-0.2, 0) is 4.79 Å². The summed E-state index contributed by atoms with van der Waals surface area (Å²) in [5.41, 5.74) is 0.947. The van der Waals surface area contributed by atoms with Crippen molar-refractivity contribution in [2.75, 3.05) is 6.61 Å². The van der Waals surface area contributed by atoms with Crippen molar-refractivity contribution in [1.82, 2.24) is 5.32 Å². The number of nitrogens with one attached hydrogen (secondary N) is 1. The lowest BCUT2D eigenvalue weighted by molar-refractivity contribution is -0.124. The number of amides is 1. The first-order chi connectivity index (χ1) is 9.36. The standard InChI is InChI=1S/C16H24ClNO2/c1-10(2)14(9-19)18-16(20)15(11(3)4)12-5-7-13(17)8-6-12/h5-8,10-11,14-15,19H,9H2,1-4H3,(H,18,20). The first-order valence-electron chi connectivity index (χ1n) is 7.03. The van der Waals surface area contributed by atoms with Gasteiger partial charge in [-0.15, -0.1) is 0 Å². The van der Waals surface area contributed by atoms with Crippen molar-refractivity contribution < 1.29 is 9.90 Å². The Labute approximate surface area is 126 Å². The van der Waals surface area contributed by atoms with Crippen LogP contribution in [0.1, 0.15) is 39.2 Å². The maximum atomic E-state index is 12.5. The van der Waals surface area contributed by atoms with Crippen LogP contribution in [0.25, 0.3) is 0 Å². The van der Waals surface area contributed by atoms with Gasteiger partial charge in [-0.3, -0.25) is 4.79 Å². The number of carbonyl (C=O) groups excluding carboxylic acids is 1. The molecule has 0 radical (unpaired) electrons. The zero-order valence-electron chi connectivity index (χ0n) is 12.6. The van der Waals surface area contributed by atoms with Gasteiger partial charge in [0.1, 0.15) is 0 Å². The van der Waals surface area contributed by atoms with E-state index < -0.39 is 0 Å². The summed E-state index contributed by atoms with van der Waals surface area (Å²) in [5.74, 6) is 0.0831. The van der Waals surface area contributed by atoms with Gasteiger partial charge in [-0.1, -0.05) is 51.4 Å². The van der Waals surface area contributed by atoms with Gasteiger partial charge in [0.15, 0.2) is 0 Å². The van der Waals surface area contributed by atoms with Crippen molar-refractivity contribution in [3.8, 4) is 0 Å². The number of carbonyl (C=O) groups is 1. The van der Waals surface area contributed by atoms with Crippen LogP contribution in [-0.4, -0.2) is 23.7 Å². The fourth-order valence-corrected chi connectivity index (χ4v) is 2.33. The molecule has 0 fully saturated rings. The fourth-order valence-electron chi connectivity index (χ4n) is 2.20. The van der Waals surface area contributed by atoms with E-state index in [1.807, 2.05) is 39.8 Å². The molecule has 0 spiro atoms. The lowest BCUT2D eigenvalue weighted by atomic mass is 9.87. The van der Waals surface area contributed by atoms with Crippen molar-refractivity contribution in [3.63, 3.8) is 0 Å². The Kier molecular flexibility index (Phi) is 6.50. The van der Waals surface area contributed by atoms with E-state index in [1.165, 1.54) is 0 Å². The van der Waals surface area contributed by atoms with Crippen molar-refractivity contribution >= 4 is 17.5 Å². The molecule has 1 aromatic rings. The van der Waals surface area contributed by atoms with E-state index in [1.54, 1.807) is 12.1 Å². The average Bonchev–Trinajstić information content (AvgIpc) is 2.37. The maximum absolute atomic E-state index is 12.5. The monoisotopic (exact) mass is 297 g/mol. The van der Waals surface area contributed by atoms with Gasteiger partial charge < -0.3 is 10.4 Å². The molecule has 2 unspecified atom stereocenters. The number of hydrogen-bond donors (Lipinski definition) is 2. The summed E-state index contributed by atoms with van der Waals surface area (Å²) in [5, 5.41) is 12.9. The Balaban J connectivity index is 2.91. The average molecular weight is 298 g/mol. The van der Waals surface area contributed by atoms with E-state index in [4.69, 9.17) is 11.6 Å². The molecule has 1 aromatic carbocycles. The van der Waals surface area contributed by atoms with Gasteiger partial charge in [-0.05, 0) is 29.5 Å². The van der Waals surface area contributed by atoms with Gasteiger partial charge in [0.2, 0.25) is 5.91 Å². The van der Waals surface area contributed by atoms with Crippen LogP contribution in [0, 0.1) is 11.8 Å². The first kappa shape index (κ1) is 17.0. The third-order valence-electron chi connectivity index (χ3n) is 3.51. The SMILES string of the molecule is CC(C)C(CO)NC(=O)C(c1ccc(Cl)cc1)C(C)C. The highest BCUT2D eigenvalue weighted by Gasteiger charge is 2.26. The molecule has 0 heterocycles. The second-order valence-corrected chi connectivity index (χ2v) is 6.25. The molecule has 0 bridgehead atoms. The van der Waals surface area contributed by atoms with E-state index in [9.17, 15) is 9.90 Å². The molecule has 0 aliphatic carbocycles. The lowest BCUT2D eigenvalue weighted by Crippen LogP contribution is -2.44. The number of rotatable bonds is 6. The summed E-state index contributed by atoms with van der Waals surface area (Å²) in [4.78, 5) is 12.5. The van der Waals surface area contributed by atoms with Gasteiger partial charge in [0, 0.05) is 5.02 Å². The van der Waals surface area contributed by atoms with Crippen molar-refractivity contribution in [1.29, 1.82) is 0 Å². The quantitative estimate of drug-likeness (QED) is 0.847. The minimum atomic E-state index is -0.236. The van der Waals surface area contributed by atoms with E-state index in [0.717, 1.165) is 5.56 Å². The summed E-state index contributed by atoms with van der Waals surface area (Å²) in [6.07, 6.45) is 0. The zero-order valence-corrected chi connectivity index (χ0v) is 13.3. The predicted octanol–water partition coefficient (Wildman–Crippen LogP) is 3.21. The summed E-state index contributed by atoms with van der Waals surface area (Å²) >= 11 is 5.89. The van der Waals surface area contributed by atoms with E-state index in [0.29, 0.717) is 5.02 Å². The molecule has 2 atom stereocenters. The number of halogens is 1. The van der Waals surface area contributed by atoms with E-state index >= 15 is 0 Å².